The molecule has 0 bridgehead atoms. The molecule has 0 aromatic heterocycles. The largest absolute Gasteiger partial charge is 0.350 e. The van der Waals surface area contributed by atoms with Gasteiger partial charge in [-0.25, -0.2) is 0 Å². The molecule has 0 unspecified atom stereocenters. The first kappa shape index (κ1) is 17.2. The number of carbonyl (C=O) groups excluding carboxylic acids is 2. The summed E-state index contributed by atoms with van der Waals surface area (Å²) in [6, 6.07) is 0. The van der Waals surface area contributed by atoms with Gasteiger partial charge in [-0.2, -0.15) is 0 Å². The molecule has 22 heavy (non-hydrogen) atoms. The first-order valence-corrected chi connectivity index (χ1v) is 8.37. The zero-order valence-corrected chi connectivity index (χ0v) is 14.2. The number of likely N-dealkylation sites (tertiary alicyclic amines) is 1. The maximum absolute atomic E-state index is 12.1. The van der Waals surface area contributed by atoms with Gasteiger partial charge in [0.1, 0.15) is 0 Å². The van der Waals surface area contributed by atoms with Gasteiger partial charge in [0.25, 0.3) is 0 Å². The molecule has 0 atom stereocenters. The number of carbonyl (C=O) groups is 2. The Morgan fingerprint density at radius 2 is 1.36 bits per heavy atom. The van der Waals surface area contributed by atoms with Gasteiger partial charge in [-0.1, -0.05) is 0 Å². The SMILES string of the molecule is CC(C)(C)NC(=O)CN1CCN(CC(=O)N2CCCC2)CC1. The van der Waals surface area contributed by atoms with E-state index in [0.29, 0.717) is 13.1 Å². The smallest absolute Gasteiger partial charge is 0.236 e. The summed E-state index contributed by atoms with van der Waals surface area (Å²) in [6.07, 6.45) is 2.28. The Kier molecular flexibility index (Phi) is 5.81. The highest BCUT2D eigenvalue weighted by atomic mass is 16.2. The van der Waals surface area contributed by atoms with Gasteiger partial charge < -0.3 is 10.2 Å². The van der Waals surface area contributed by atoms with Crippen molar-refractivity contribution in [2.24, 2.45) is 0 Å². The topological polar surface area (TPSA) is 55.9 Å². The van der Waals surface area contributed by atoms with Gasteiger partial charge in [-0.3, -0.25) is 19.4 Å². The van der Waals surface area contributed by atoms with Crippen LogP contribution in [0.5, 0.6) is 0 Å². The Balaban J connectivity index is 1.67. The zero-order chi connectivity index (χ0) is 16.2. The number of hydrogen-bond donors (Lipinski definition) is 1. The molecule has 0 spiro atoms. The van der Waals surface area contributed by atoms with E-state index in [1.807, 2.05) is 25.7 Å². The molecule has 6 heteroatoms. The highest BCUT2D eigenvalue weighted by Gasteiger charge is 2.24. The molecule has 2 aliphatic heterocycles. The van der Waals surface area contributed by atoms with Crippen molar-refractivity contribution < 1.29 is 9.59 Å². The van der Waals surface area contributed by atoms with Crippen LogP contribution < -0.4 is 5.32 Å². The average molecular weight is 310 g/mol. The number of hydrogen-bond acceptors (Lipinski definition) is 4. The van der Waals surface area contributed by atoms with E-state index in [4.69, 9.17) is 0 Å². The van der Waals surface area contributed by atoms with Gasteiger partial charge in [-0.15, -0.1) is 0 Å². The molecule has 1 N–H and O–H groups in total. The van der Waals surface area contributed by atoms with E-state index in [9.17, 15) is 9.59 Å². The van der Waals surface area contributed by atoms with Crippen LogP contribution in [0.25, 0.3) is 0 Å². The van der Waals surface area contributed by atoms with Crippen molar-refractivity contribution >= 4 is 11.8 Å². The molecule has 0 saturated carbocycles. The van der Waals surface area contributed by atoms with E-state index in [2.05, 4.69) is 15.1 Å². The molecule has 6 nitrogen and oxygen atoms in total. The molecular formula is C16H30N4O2. The third-order valence-electron chi connectivity index (χ3n) is 4.16. The number of nitrogens with one attached hydrogen (secondary N) is 1. The Hall–Kier alpha value is -1.14. The molecule has 2 saturated heterocycles. The van der Waals surface area contributed by atoms with Crippen LogP contribution in [-0.4, -0.2) is 84.4 Å². The van der Waals surface area contributed by atoms with Gasteiger partial charge in [-0.05, 0) is 33.6 Å². The molecule has 2 heterocycles. The van der Waals surface area contributed by atoms with Crippen LogP contribution in [0.4, 0.5) is 0 Å². The molecule has 2 rings (SSSR count). The Bertz CT molecular complexity index is 391. The average Bonchev–Trinajstić information content (AvgIpc) is 2.92. The number of nitrogens with zero attached hydrogens (tertiary/aromatic N) is 3. The first-order valence-electron chi connectivity index (χ1n) is 8.37. The lowest BCUT2D eigenvalue weighted by atomic mass is 10.1. The number of piperazine rings is 1. The van der Waals surface area contributed by atoms with Crippen LogP contribution in [0.3, 0.4) is 0 Å². The zero-order valence-electron chi connectivity index (χ0n) is 14.2. The van der Waals surface area contributed by atoms with Crippen molar-refractivity contribution in [3.8, 4) is 0 Å². The molecule has 2 fully saturated rings. The summed E-state index contributed by atoms with van der Waals surface area (Å²) in [5, 5.41) is 2.99. The molecule has 0 radical (unpaired) electrons. The van der Waals surface area contributed by atoms with Crippen molar-refractivity contribution in [3.63, 3.8) is 0 Å². The van der Waals surface area contributed by atoms with E-state index in [1.54, 1.807) is 0 Å². The fraction of sp³-hybridized carbons (Fsp3) is 0.875. The van der Waals surface area contributed by atoms with Crippen molar-refractivity contribution in [1.29, 1.82) is 0 Å². The fourth-order valence-electron chi connectivity index (χ4n) is 3.02. The lowest BCUT2D eigenvalue weighted by Crippen LogP contribution is -2.53. The standard InChI is InChI=1S/C16H30N4O2/c1-16(2,3)17-14(21)12-18-8-10-19(11-9-18)13-15(22)20-6-4-5-7-20/h4-13H2,1-3H3,(H,17,21). The van der Waals surface area contributed by atoms with Crippen LogP contribution in [0.15, 0.2) is 0 Å². The highest BCUT2D eigenvalue weighted by Crippen LogP contribution is 2.09. The molecule has 0 aromatic rings. The minimum absolute atomic E-state index is 0.0779. The molecule has 0 aliphatic carbocycles. The van der Waals surface area contributed by atoms with Crippen LogP contribution in [-0.2, 0) is 9.59 Å². The quantitative estimate of drug-likeness (QED) is 0.803. The minimum Gasteiger partial charge on any atom is -0.350 e. The van der Waals surface area contributed by atoms with E-state index in [0.717, 1.165) is 52.1 Å². The van der Waals surface area contributed by atoms with Crippen LogP contribution in [0.1, 0.15) is 33.6 Å². The van der Waals surface area contributed by atoms with Gasteiger partial charge in [0.15, 0.2) is 0 Å². The van der Waals surface area contributed by atoms with Crippen molar-refractivity contribution in [1.82, 2.24) is 20.0 Å². The molecule has 2 amide bonds. The minimum atomic E-state index is -0.180. The molecule has 0 aromatic carbocycles. The van der Waals surface area contributed by atoms with Gasteiger partial charge >= 0.3 is 0 Å². The fourth-order valence-corrected chi connectivity index (χ4v) is 3.02. The maximum atomic E-state index is 12.1. The summed E-state index contributed by atoms with van der Waals surface area (Å²) in [5.74, 6) is 0.338. The third kappa shape index (κ3) is 5.57. The van der Waals surface area contributed by atoms with Gasteiger partial charge in [0, 0.05) is 44.8 Å². The highest BCUT2D eigenvalue weighted by molar-refractivity contribution is 5.79. The van der Waals surface area contributed by atoms with Crippen molar-refractivity contribution in [2.75, 3.05) is 52.4 Å². The van der Waals surface area contributed by atoms with Gasteiger partial charge in [0.05, 0.1) is 13.1 Å². The summed E-state index contributed by atoms with van der Waals surface area (Å²) in [5.41, 5.74) is -0.180. The Labute approximate surface area is 133 Å². The lowest BCUT2D eigenvalue weighted by molar-refractivity contribution is -0.132. The van der Waals surface area contributed by atoms with Gasteiger partial charge in [0.2, 0.25) is 11.8 Å². The van der Waals surface area contributed by atoms with Crippen LogP contribution in [0.2, 0.25) is 0 Å². The predicted octanol–water partition coefficient (Wildman–Crippen LogP) is 0.141. The summed E-state index contributed by atoms with van der Waals surface area (Å²) in [4.78, 5) is 30.4. The first-order chi connectivity index (χ1) is 10.3. The maximum Gasteiger partial charge on any atom is 0.236 e. The summed E-state index contributed by atoms with van der Waals surface area (Å²) in [7, 11) is 0. The summed E-state index contributed by atoms with van der Waals surface area (Å²) < 4.78 is 0. The van der Waals surface area contributed by atoms with E-state index >= 15 is 0 Å². The second-order valence-corrected chi connectivity index (χ2v) is 7.44. The molecule has 126 valence electrons. The van der Waals surface area contributed by atoms with E-state index < -0.39 is 0 Å². The van der Waals surface area contributed by atoms with Crippen LogP contribution >= 0.6 is 0 Å². The monoisotopic (exact) mass is 310 g/mol. The number of amides is 2. The number of rotatable bonds is 4. The predicted molar refractivity (Wildman–Crippen MR) is 86.6 cm³/mol. The second-order valence-electron chi connectivity index (χ2n) is 7.44. The Morgan fingerprint density at radius 3 is 1.86 bits per heavy atom. The van der Waals surface area contributed by atoms with E-state index in [-0.39, 0.29) is 17.4 Å². The van der Waals surface area contributed by atoms with Crippen LogP contribution in [0, 0.1) is 0 Å². The molecule has 2 aliphatic rings. The van der Waals surface area contributed by atoms with Crippen molar-refractivity contribution in [3.05, 3.63) is 0 Å². The Morgan fingerprint density at radius 1 is 0.864 bits per heavy atom. The normalized spacial score (nSPS) is 21.1. The van der Waals surface area contributed by atoms with E-state index in [1.165, 1.54) is 0 Å². The van der Waals surface area contributed by atoms with Crippen molar-refractivity contribution in [2.45, 2.75) is 39.2 Å². The third-order valence-corrected chi connectivity index (χ3v) is 4.16. The second kappa shape index (κ2) is 7.42. The molecular weight excluding hydrogens is 280 g/mol. The lowest BCUT2D eigenvalue weighted by Gasteiger charge is -2.35. The summed E-state index contributed by atoms with van der Waals surface area (Å²) in [6.45, 7) is 12.2. The summed E-state index contributed by atoms with van der Waals surface area (Å²) >= 11 is 0.